The van der Waals surface area contributed by atoms with Crippen LogP contribution in [0.15, 0.2) is 42.6 Å². The van der Waals surface area contributed by atoms with Crippen molar-refractivity contribution in [3.63, 3.8) is 0 Å². The molecule has 2 aromatic rings. The van der Waals surface area contributed by atoms with Crippen molar-refractivity contribution in [2.24, 2.45) is 0 Å². The number of rotatable bonds is 3. The molecule has 0 aliphatic carbocycles. The van der Waals surface area contributed by atoms with Gasteiger partial charge >= 0.3 is 0 Å². The van der Waals surface area contributed by atoms with E-state index in [9.17, 15) is 4.79 Å². The Morgan fingerprint density at radius 1 is 1.26 bits per heavy atom. The van der Waals surface area contributed by atoms with E-state index in [1.54, 1.807) is 0 Å². The predicted octanol–water partition coefficient (Wildman–Crippen LogP) is 3.88. The minimum absolute atomic E-state index is 0.114. The third kappa shape index (κ3) is 3.46. The Labute approximate surface area is 121 Å². The molecule has 1 aromatic heterocycles. The van der Waals surface area contributed by atoms with Crippen LogP contribution in [0.5, 0.6) is 0 Å². The zero-order valence-electron chi connectivity index (χ0n) is 10.2. The lowest BCUT2D eigenvalue weighted by atomic mass is 10.1. The van der Waals surface area contributed by atoms with E-state index in [-0.39, 0.29) is 22.1 Å². The number of hydrogen-bond donors (Lipinski definition) is 1. The molecule has 19 heavy (non-hydrogen) atoms. The second-order valence-corrected chi connectivity index (χ2v) is 4.89. The highest BCUT2D eigenvalue weighted by atomic mass is 35.5. The van der Waals surface area contributed by atoms with Crippen molar-refractivity contribution >= 4 is 29.1 Å². The zero-order chi connectivity index (χ0) is 13.8. The molecular weight excluding hydrogens is 283 g/mol. The van der Waals surface area contributed by atoms with Gasteiger partial charge < -0.3 is 5.32 Å². The Bertz CT molecular complexity index is 587. The van der Waals surface area contributed by atoms with Gasteiger partial charge in [0.1, 0.15) is 5.15 Å². The van der Waals surface area contributed by atoms with Crippen LogP contribution in [-0.2, 0) is 0 Å². The quantitative estimate of drug-likeness (QED) is 0.873. The van der Waals surface area contributed by atoms with E-state index in [1.165, 1.54) is 12.3 Å². The molecule has 0 unspecified atom stereocenters. The normalized spacial score (nSPS) is 11.9. The molecular formula is C14H12Cl2N2O. The van der Waals surface area contributed by atoms with Crippen LogP contribution in [0.4, 0.5) is 0 Å². The summed E-state index contributed by atoms with van der Waals surface area (Å²) in [5, 5.41) is 3.39. The number of halogens is 2. The van der Waals surface area contributed by atoms with Gasteiger partial charge in [0.25, 0.3) is 5.91 Å². The lowest BCUT2D eigenvalue weighted by Gasteiger charge is -2.14. The summed E-state index contributed by atoms with van der Waals surface area (Å²) in [6.07, 6.45) is 1.37. The molecule has 3 nitrogen and oxygen atoms in total. The smallest absolute Gasteiger partial charge is 0.253 e. The van der Waals surface area contributed by atoms with Crippen LogP contribution in [0, 0.1) is 0 Å². The molecule has 1 amide bonds. The number of carbonyl (C=O) groups excluding carboxylic acids is 1. The van der Waals surface area contributed by atoms with Gasteiger partial charge in [-0.2, -0.15) is 0 Å². The van der Waals surface area contributed by atoms with Crippen LogP contribution in [0.3, 0.4) is 0 Å². The van der Waals surface area contributed by atoms with Gasteiger partial charge in [-0.25, -0.2) is 4.98 Å². The Hall–Kier alpha value is -1.58. The van der Waals surface area contributed by atoms with E-state index in [0.29, 0.717) is 5.56 Å². The molecule has 0 saturated heterocycles. The van der Waals surface area contributed by atoms with Crippen LogP contribution >= 0.6 is 23.2 Å². The summed E-state index contributed by atoms with van der Waals surface area (Å²) in [6, 6.07) is 11.0. The third-order valence-corrected chi connectivity index (χ3v) is 3.22. The van der Waals surface area contributed by atoms with Crippen molar-refractivity contribution in [2.75, 3.05) is 0 Å². The highest BCUT2D eigenvalue weighted by molar-refractivity contribution is 6.35. The van der Waals surface area contributed by atoms with E-state index in [1.807, 2.05) is 37.3 Å². The maximum Gasteiger partial charge on any atom is 0.253 e. The van der Waals surface area contributed by atoms with Gasteiger partial charge in [-0.05, 0) is 18.6 Å². The van der Waals surface area contributed by atoms with Crippen LogP contribution in [0.25, 0.3) is 0 Å². The molecule has 1 aromatic carbocycles. The van der Waals surface area contributed by atoms with Crippen molar-refractivity contribution in [2.45, 2.75) is 13.0 Å². The van der Waals surface area contributed by atoms with E-state index in [2.05, 4.69) is 10.3 Å². The van der Waals surface area contributed by atoms with Crippen LogP contribution in [-0.4, -0.2) is 10.9 Å². The predicted molar refractivity (Wildman–Crippen MR) is 76.6 cm³/mol. The number of aromatic nitrogens is 1. The Balaban J connectivity index is 2.15. The molecule has 0 radical (unpaired) electrons. The number of benzene rings is 1. The van der Waals surface area contributed by atoms with E-state index in [4.69, 9.17) is 23.2 Å². The molecule has 1 atom stereocenters. The Kier molecular flexibility index (Phi) is 4.40. The first-order valence-electron chi connectivity index (χ1n) is 5.75. The number of carbonyl (C=O) groups is 1. The molecule has 98 valence electrons. The minimum atomic E-state index is -0.273. The molecule has 2 rings (SSSR count). The van der Waals surface area contributed by atoms with Crippen LogP contribution < -0.4 is 5.32 Å². The number of hydrogen-bond acceptors (Lipinski definition) is 2. The summed E-state index contributed by atoms with van der Waals surface area (Å²) in [6.45, 7) is 1.91. The summed E-state index contributed by atoms with van der Waals surface area (Å²) in [4.78, 5) is 15.9. The molecule has 5 heteroatoms. The third-order valence-electron chi connectivity index (χ3n) is 2.71. The van der Waals surface area contributed by atoms with E-state index < -0.39 is 0 Å². The molecule has 0 fully saturated rings. The standard InChI is InChI=1S/C14H12Cl2N2O/c1-9(10-5-3-2-4-6-10)18-14(19)11-7-13(16)17-8-12(11)15/h2-9H,1H3,(H,18,19)/t9-/m1/s1. The maximum atomic E-state index is 12.1. The maximum absolute atomic E-state index is 12.1. The lowest BCUT2D eigenvalue weighted by Crippen LogP contribution is -2.26. The van der Waals surface area contributed by atoms with Crippen molar-refractivity contribution in [3.05, 3.63) is 63.9 Å². The van der Waals surface area contributed by atoms with Crippen molar-refractivity contribution in [3.8, 4) is 0 Å². The van der Waals surface area contributed by atoms with E-state index >= 15 is 0 Å². The highest BCUT2D eigenvalue weighted by Crippen LogP contribution is 2.19. The van der Waals surface area contributed by atoms with Gasteiger partial charge in [0, 0.05) is 6.20 Å². The molecule has 1 heterocycles. The monoisotopic (exact) mass is 294 g/mol. The SMILES string of the molecule is C[C@@H](NC(=O)c1cc(Cl)ncc1Cl)c1ccccc1. The molecule has 0 saturated carbocycles. The fraction of sp³-hybridized carbons (Fsp3) is 0.143. The van der Waals surface area contributed by atoms with Crippen molar-refractivity contribution in [1.82, 2.24) is 10.3 Å². The minimum Gasteiger partial charge on any atom is -0.345 e. The first-order valence-corrected chi connectivity index (χ1v) is 6.50. The number of pyridine rings is 1. The average Bonchev–Trinajstić information content (AvgIpc) is 2.42. The molecule has 0 aliphatic rings. The summed E-state index contributed by atoms with van der Waals surface area (Å²) >= 11 is 11.7. The van der Waals surface area contributed by atoms with Crippen molar-refractivity contribution < 1.29 is 4.79 Å². The Morgan fingerprint density at radius 3 is 2.63 bits per heavy atom. The topological polar surface area (TPSA) is 42.0 Å². The summed E-state index contributed by atoms with van der Waals surface area (Å²) in [5.41, 5.74) is 1.34. The van der Waals surface area contributed by atoms with E-state index in [0.717, 1.165) is 5.56 Å². The van der Waals surface area contributed by atoms with Gasteiger partial charge in [-0.1, -0.05) is 53.5 Å². The lowest BCUT2D eigenvalue weighted by molar-refractivity contribution is 0.0940. The van der Waals surface area contributed by atoms with Crippen molar-refractivity contribution in [1.29, 1.82) is 0 Å². The largest absolute Gasteiger partial charge is 0.345 e. The van der Waals surface area contributed by atoms with Gasteiger partial charge in [-0.3, -0.25) is 4.79 Å². The zero-order valence-corrected chi connectivity index (χ0v) is 11.7. The first kappa shape index (κ1) is 13.8. The number of nitrogens with zero attached hydrogens (tertiary/aromatic N) is 1. The Morgan fingerprint density at radius 2 is 1.95 bits per heavy atom. The second kappa shape index (κ2) is 6.04. The number of amides is 1. The molecule has 0 spiro atoms. The first-order chi connectivity index (χ1) is 9.08. The molecule has 0 bridgehead atoms. The van der Waals surface area contributed by atoms with Crippen LogP contribution in [0.1, 0.15) is 28.9 Å². The van der Waals surface area contributed by atoms with Gasteiger partial charge in [0.15, 0.2) is 0 Å². The fourth-order valence-corrected chi connectivity index (χ4v) is 2.03. The number of nitrogens with one attached hydrogen (secondary N) is 1. The average molecular weight is 295 g/mol. The molecule has 1 N–H and O–H groups in total. The fourth-order valence-electron chi connectivity index (χ4n) is 1.69. The summed E-state index contributed by atoms with van der Waals surface area (Å²) in [5.74, 6) is -0.273. The highest BCUT2D eigenvalue weighted by Gasteiger charge is 2.14. The molecule has 0 aliphatic heterocycles. The second-order valence-electron chi connectivity index (χ2n) is 4.09. The van der Waals surface area contributed by atoms with Gasteiger partial charge in [0.2, 0.25) is 0 Å². The van der Waals surface area contributed by atoms with Gasteiger partial charge in [-0.15, -0.1) is 0 Å². The van der Waals surface area contributed by atoms with Crippen LogP contribution in [0.2, 0.25) is 10.2 Å². The summed E-state index contributed by atoms with van der Waals surface area (Å²) in [7, 11) is 0. The van der Waals surface area contributed by atoms with Gasteiger partial charge in [0.05, 0.1) is 16.6 Å². The summed E-state index contributed by atoms with van der Waals surface area (Å²) < 4.78 is 0.